The zero-order valence-corrected chi connectivity index (χ0v) is 11.2. The average molecular weight is 247 g/mol. The van der Waals surface area contributed by atoms with Gasteiger partial charge in [0.15, 0.2) is 5.90 Å². The third-order valence-corrected chi connectivity index (χ3v) is 3.18. The molecule has 0 unspecified atom stereocenters. The zero-order valence-electron chi connectivity index (χ0n) is 11.2. The lowest BCUT2D eigenvalue weighted by atomic mass is 9.87. The Morgan fingerprint density at radius 2 is 2.00 bits per heavy atom. The first kappa shape index (κ1) is 12.8. The lowest BCUT2D eigenvalue weighted by Gasteiger charge is -2.29. The van der Waals surface area contributed by atoms with Crippen molar-refractivity contribution in [3.8, 4) is 0 Å². The van der Waals surface area contributed by atoms with E-state index in [0.29, 0.717) is 11.7 Å². The lowest BCUT2D eigenvalue weighted by molar-refractivity contribution is 0.319. The van der Waals surface area contributed by atoms with Crippen molar-refractivity contribution in [3.63, 3.8) is 0 Å². The largest absolute Gasteiger partial charge is 0.445 e. The molecule has 0 aromatic heterocycles. The van der Waals surface area contributed by atoms with E-state index in [4.69, 9.17) is 4.74 Å². The van der Waals surface area contributed by atoms with Gasteiger partial charge in [-0.25, -0.2) is 9.38 Å². The van der Waals surface area contributed by atoms with Crippen molar-refractivity contribution in [2.75, 3.05) is 6.67 Å². The molecule has 96 valence electrons. The summed E-state index contributed by atoms with van der Waals surface area (Å²) in [6, 6.07) is 6.24. The van der Waals surface area contributed by atoms with E-state index in [-0.39, 0.29) is 0 Å². The van der Waals surface area contributed by atoms with Gasteiger partial charge >= 0.3 is 0 Å². The summed E-state index contributed by atoms with van der Waals surface area (Å²) in [6.45, 7) is 7.22. The topological polar surface area (TPSA) is 21.6 Å². The molecule has 0 saturated carbocycles. The first-order valence-corrected chi connectivity index (χ1v) is 6.04. The van der Waals surface area contributed by atoms with Gasteiger partial charge < -0.3 is 4.74 Å². The Balaban J connectivity index is 2.56. The van der Waals surface area contributed by atoms with Gasteiger partial charge in [0, 0.05) is 6.92 Å². The number of hydrogen-bond donors (Lipinski definition) is 0. The van der Waals surface area contributed by atoms with Crippen molar-refractivity contribution in [1.82, 2.24) is 0 Å². The third kappa shape index (κ3) is 2.30. The Labute approximate surface area is 107 Å². The Kier molecular flexibility index (Phi) is 3.24. The lowest BCUT2D eigenvalue weighted by Crippen LogP contribution is -2.25. The summed E-state index contributed by atoms with van der Waals surface area (Å²) in [7, 11) is 0. The molecule has 1 atom stereocenters. The molecular weight excluding hydrogens is 229 g/mol. The highest BCUT2D eigenvalue weighted by Gasteiger charge is 2.30. The second-order valence-corrected chi connectivity index (χ2v) is 4.94. The van der Waals surface area contributed by atoms with Gasteiger partial charge in [-0.3, -0.25) is 0 Å². The fourth-order valence-corrected chi connectivity index (χ4v) is 2.40. The van der Waals surface area contributed by atoms with Crippen LogP contribution in [0.2, 0.25) is 0 Å². The van der Waals surface area contributed by atoms with Gasteiger partial charge in [0.1, 0.15) is 18.0 Å². The molecular formula is C15H18FNO. The number of hydrogen-bond acceptors (Lipinski definition) is 2. The van der Waals surface area contributed by atoms with Gasteiger partial charge in [-0.15, -0.1) is 0 Å². The summed E-state index contributed by atoms with van der Waals surface area (Å²) < 4.78 is 18.1. The van der Waals surface area contributed by atoms with Crippen molar-refractivity contribution in [2.45, 2.75) is 33.2 Å². The molecule has 3 heteroatoms. The van der Waals surface area contributed by atoms with E-state index in [9.17, 15) is 4.39 Å². The summed E-state index contributed by atoms with van der Waals surface area (Å²) in [4.78, 5) is 4.54. The van der Waals surface area contributed by atoms with Crippen LogP contribution in [0, 0.1) is 13.8 Å². The molecule has 0 spiro atoms. The molecule has 0 saturated heterocycles. The zero-order chi connectivity index (χ0) is 13.3. The van der Waals surface area contributed by atoms with E-state index in [1.807, 2.05) is 20.8 Å². The average Bonchev–Trinajstić information content (AvgIpc) is 2.31. The molecule has 1 aromatic rings. The Hall–Kier alpha value is -1.64. The van der Waals surface area contributed by atoms with Gasteiger partial charge in [0.25, 0.3) is 0 Å². The Bertz CT molecular complexity index is 533. The SMILES string of the molecule is CC1=N[C@](C)(c2cc(C)ccc2C)C=C(CF)O1. The van der Waals surface area contributed by atoms with Crippen LogP contribution >= 0.6 is 0 Å². The molecule has 1 heterocycles. The summed E-state index contributed by atoms with van der Waals surface area (Å²) in [5.74, 6) is 0.847. The molecule has 1 aliphatic heterocycles. The van der Waals surface area contributed by atoms with Crippen molar-refractivity contribution >= 4 is 5.90 Å². The first-order chi connectivity index (χ1) is 8.44. The summed E-state index contributed by atoms with van der Waals surface area (Å²) >= 11 is 0. The van der Waals surface area contributed by atoms with E-state index < -0.39 is 12.2 Å². The second-order valence-electron chi connectivity index (χ2n) is 4.94. The van der Waals surface area contributed by atoms with E-state index in [2.05, 4.69) is 23.2 Å². The summed E-state index contributed by atoms with van der Waals surface area (Å²) in [6.07, 6.45) is 1.77. The van der Waals surface area contributed by atoms with Gasteiger partial charge in [-0.1, -0.05) is 23.8 Å². The predicted octanol–water partition coefficient (Wildman–Crippen LogP) is 3.82. The fraction of sp³-hybridized carbons (Fsp3) is 0.400. The molecule has 0 aliphatic carbocycles. The van der Waals surface area contributed by atoms with Crippen molar-refractivity contribution in [3.05, 3.63) is 46.7 Å². The van der Waals surface area contributed by atoms with Gasteiger partial charge in [0.05, 0.1) is 0 Å². The number of aliphatic imine (C=N–C) groups is 1. The maximum atomic E-state index is 12.8. The van der Waals surface area contributed by atoms with Crippen LogP contribution < -0.4 is 0 Å². The van der Waals surface area contributed by atoms with E-state index in [0.717, 1.165) is 11.1 Å². The standard InChI is InChI=1S/C15H18FNO/c1-10-5-6-11(2)14(7-10)15(4)8-13(9-16)18-12(3)17-15/h5-8H,9H2,1-4H3/t15-/m0/s1. The molecule has 0 bridgehead atoms. The quantitative estimate of drug-likeness (QED) is 0.778. The highest BCUT2D eigenvalue weighted by Crippen LogP contribution is 2.34. The Morgan fingerprint density at radius 1 is 1.28 bits per heavy atom. The number of allylic oxidation sites excluding steroid dienone is 1. The van der Waals surface area contributed by atoms with Crippen LogP contribution in [-0.4, -0.2) is 12.6 Å². The van der Waals surface area contributed by atoms with E-state index >= 15 is 0 Å². The molecule has 1 aliphatic rings. The maximum Gasteiger partial charge on any atom is 0.187 e. The molecule has 2 rings (SSSR count). The molecule has 1 aromatic carbocycles. The molecule has 0 fully saturated rings. The number of rotatable bonds is 2. The molecule has 18 heavy (non-hydrogen) atoms. The van der Waals surface area contributed by atoms with Crippen molar-refractivity contribution < 1.29 is 9.13 Å². The molecule has 0 amide bonds. The smallest absolute Gasteiger partial charge is 0.187 e. The summed E-state index contributed by atoms with van der Waals surface area (Å²) in [5, 5.41) is 0. The van der Waals surface area contributed by atoms with Crippen LogP contribution in [0.15, 0.2) is 35.0 Å². The number of benzene rings is 1. The molecule has 2 nitrogen and oxygen atoms in total. The van der Waals surface area contributed by atoms with E-state index in [1.54, 1.807) is 13.0 Å². The predicted molar refractivity (Wildman–Crippen MR) is 71.5 cm³/mol. The minimum absolute atomic E-state index is 0.339. The first-order valence-electron chi connectivity index (χ1n) is 6.04. The van der Waals surface area contributed by atoms with Crippen LogP contribution in [-0.2, 0) is 10.3 Å². The maximum absolute atomic E-state index is 12.8. The van der Waals surface area contributed by atoms with Gasteiger partial charge in [0.2, 0.25) is 0 Å². The molecule has 0 N–H and O–H groups in total. The van der Waals surface area contributed by atoms with Gasteiger partial charge in [-0.2, -0.15) is 0 Å². The van der Waals surface area contributed by atoms with Crippen LogP contribution in [0.1, 0.15) is 30.5 Å². The van der Waals surface area contributed by atoms with Crippen LogP contribution in [0.25, 0.3) is 0 Å². The monoisotopic (exact) mass is 247 g/mol. The number of alkyl halides is 1. The highest BCUT2D eigenvalue weighted by molar-refractivity contribution is 5.76. The minimum Gasteiger partial charge on any atom is -0.445 e. The van der Waals surface area contributed by atoms with Crippen LogP contribution in [0.3, 0.4) is 0 Å². The van der Waals surface area contributed by atoms with Gasteiger partial charge in [-0.05, 0) is 38.0 Å². The number of ether oxygens (including phenoxy) is 1. The van der Waals surface area contributed by atoms with Crippen molar-refractivity contribution in [1.29, 1.82) is 0 Å². The van der Waals surface area contributed by atoms with E-state index in [1.165, 1.54) is 5.56 Å². The number of halogens is 1. The fourth-order valence-electron chi connectivity index (χ4n) is 2.40. The van der Waals surface area contributed by atoms with Crippen molar-refractivity contribution in [2.24, 2.45) is 4.99 Å². The minimum atomic E-state index is -0.604. The third-order valence-electron chi connectivity index (χ3n) is 3.18. The van der Waals surface area contributed by atoms with Crippen LogP contribution in [0.4, 0.5) is 4.39 Å². The highest BCUT2D eigenvalue weighted by atomic mass is 19.1. The summed E-state index contributed by atoms with van der Waals surface area (Å²) in [5.41, 5.74) is 2.87. The normalized spacial score (nSPS) is 23.2. The van der Waals surface area contributed by atoms with Crippen LogP contribution in [0.5, 0.6) is 0 Å². The number of nitrogens with zero attached hydrogens (tertiary/aromatic N) is 1. The number of aryl methyl sites for hydroxylation is 2. The molecule has 0 radical (unpaired) electrons. The second kappa shape index (κ2) is 4.56. The Morgan fingerprint density at radius 3 is 2.67 bits per heavy atom.